The van der Waals surface area contributed by atoms with Gasteiger partial charge in [-0.3, -0.25) is 10.1 Å². The van der Waals surface area contributed by atoms with Gasteiger partial charge in [0.2, 0.25) is 0 Å². The molecule has 2 N–H and O–H groups in total. The summed E-state index contributed by atoms with van der Waals surface area (Å²) in [4.78, 5) is 35.8. The molecule has 1 aliphatic heterocycles. The Morgan fingerprint density at radius 1 is 1.10 bits per heavy atom. The molecule has 152 valence electrons. The number of rotatable bonds is 5. The minimum Gasteiger partial charge on any atom is -0.486 e. The monoisotopic (exact) mass is 398 g/mol. The Bertz CT molecular complexity index is 927. The number of ether oxygens (including phenoxy) is 3. The number of hydrogen-bond donors (Lipinski definition) is 2. The van der Waals surface area contributed by atoms with Gasteiger partial charge < -0.3 is 19.5 Å². The third-order valence-electron chi connectivity index (χ3n) is 4.26. The molecular formula is C21H22N2O6. The van der Waals surface area contributed by atoms with E-state index in [2.05, 4.69) is 10.6 Å². The van der Waals surface area contributed by atoms with Crippen LogP contribution in [0.5, 0.6) is 11.5 Å². The maximum absolute atomic E-state index is 12.1. The van der Waals surface area contributed by atoms with Crippen LogP contribution in [0.3, 0.4) is 0 Å². The van der Waals surface area contributed by atoms with Crippen LogP contribution < -0.4 is 20.1 Å². The van der Waals surface area contributed by atoms with Crippen LogP contribution in [0.15, 0.2) is 42.5 Å². The van der Waals surface area contributed by atoms with E-state index >= 15 is 0 Å². The second kappa shape index (κ2) is 9.09. The van der Waals surface area contributed by atoms with Crippen molar-refractivity contribution in [1.29, 1.82) is 0 Å². The lowest BCUT2D eigenvalue weighted by molar-refractivity contribution is -0.123. The van der Waals surface area contributed by atoms with Gasteiger partial charge in [0.1, 0.15) is 6.61 Å². The third-order valence-corrected chi connectivity index (χ3v) is 4.26. The van der Waals surface area contributed by atoms with Crippen LogP contribution in [0, 0.1) is 13.8 Å². The fourth-order valence-electron chi connectivity index (χ4n) is 2.74. The molecule has 0 saturated carbocycles. The van der Waals surface area contributed by atoms with Crippen LogP contribution in [-0.4, -0.2) is 43.8 Å². The highest BCUT2D eigenvalue weighted by Crippen LogP contribution is 2.30. The van der Waals surface area contributed by atoms with Crippen LogP contribution in [-0.2, 0) is 9.53 Å². The van der Waals surface area contributed by atoms with E-state index in [9.17, 15) is 14.4 Å². The van der Waals surface area contributed by atoms with E-state index < -0.39 is 24.5 Å². The van der Waals surface area contributed by atoms with Crippen LogP contribution in [0.25, 0.3) is 0 Å². The van der Waals surface area contributed by atoms with Gasteiger partial charge in [-0.05, 0) is 37.6 Å². The lowest BCUT2D eigenvalue weighted by Crippen LogP contribution is -2.46. The first-order chi connectivity index (χ1) is 13.9. The predicted octanol–water partition coefficient (Wildman–Crippen LogP) is 2.13. The third kappa shape index (κ3) is 5.47. The normalized spacial score (nSPS) is 14.6. The van der Waals surface area contributed by atoms with Gasteiger partial charge in [-0.1, -0.05) is 29.8 Å². The Kier molecular flexibility index (Phi) is 6.33. The van der Waals surface area contributed by atoms with Gasteiger partial charge in [-0.2, -0.15) is 0 Å². The van der Waals surface area contributed by atoms with Crippen LogP contribution in [0.1, 0.15) is 21.5 Å². The maximum Gasteiger partial charge on any atom is 0.338 e. The van der Waals surface area contributed by atoms with Gasteiger partial charge in [-0.15, -0.1) is 0 Å². The smallest absolute Gasteiger partial charge is 0.338 e. The Morgan fingerprint density at radius 2 is 1.86 bits per heavy atom. The van der Waals surface area contributed by atoms with Crippen molar-refractivity contribution in [3.63, 3.8) is 0 Å². The number of fused-ring (bicyclic) bond motifs is 1. The number of aryl methyl sites for hydroxylation is 2. The van der Waals surface area contributed by atoms with E-state index in [1.165, 1.54) is 0 Å². The van der Waals surface area contributed by atoms with Crippen molar-refractivity contribution < 1.29 is 28.6 Å². The molecule has 0 spiro atoms. The molecule has 0 fully saturated rings. The molecule has 0 aromatic heterocycles. The van der Waals surface area contributed by atoms with Crippen LogP contribution in [0.2, 0.25) is 0 Å². The highest BCUT2D eigenvalue weighted by molar-refractivity contribution is 5.97. The minimum atomic E-state index is -0.729. The molecule has 1 heterocycles. The van der Waals surface area contributed by atoms with Gasteiger partial charge in [0.15, 0.2) is 24.2 Å². The van der Waals surface area contributed by atoms with Crippen molar-refractivity contribution in [1.82, 2.24) is 10.6 Å². The van der Waals surface area contributed by atoms with Gasteiger partial charge in [-0.25, -0.2) is 9.59 Å². The Hall–Kier alpha value is -3.55. The SMILES string of the molecule is Cc1ccc(C)c(C(=O)OCC(=O)NC(=O)NCC2COc3ccccc3O2)c1. The van der Waals surface area contributed by atoms with Crippen molar-refractivity contribution in [2.75, 3.05) is 19.8 Å². The molecule has 1 aliphatic rings. The molecule has 2 aromatic rings. The summed E-state index contributed by atoms with van der Waals surface area (Å²) in [6.07, 6.45) is -0.382. The maximum atomic E-state index is 12.1. The zero-order valence-electron chi connectivity index (χ0n) is 16.2. The molecule has 0 bridgehead atoms. The first kappa shape index (κ1) is 20.2. The number of esters is 1. The van der Waals surface area contributed by atoms with E-state index in [4.69, 9.17) is 14.2 Å². The summed E-state index contributed by atoms with van der Waals surface area (Å²) in [7, 11) is 0. The average molecular weight is 398 g/mol. The van der Waals surface area contributed by atoms with Crippen molar-refractivity contribution in [2.24, 2.45) is 0 Å². The highest BCUT2D eigenvalue weighted by Gasteiger charge is 2.21. The summed E-state index contributed by atoms with van der Waals surface area (Å²) in [5.74, 6) is -0.102. The molecule has 0 radical (unpaired) electrons. The molecular weight excluding hydrogens is 376 g/mol. The topological polar surface area (TPSA) is 103 Å². The fourth-order valence-corrected chi connectivity index (χ4v) is 2.74. The zero-order chi connectivity index (χ0) is 20.8. The van der Waals surface area contributed by atoms with Crippen molar-refractivity contribution in [3.8, 4) is 11.5 Å². The second-order valence-corrected chi connectivity index (χ2v) is 6.65. The number of benzene rings is 2. The average Bonchev–Trinajstić information content (AvgIpc) is 2.72. The number of imide groups is 1. The van der Waals surface area contributed by atoms with Crippen molar-refractivity contribution >= 4 is 17.9 Å². The summed E-state index contributed by atoms with van der Waals surface area (Å²) in [5, 5.41) is 4.64. The number of carbonyl (C=O) groups is 3. The number of urea groups is 1. The molecule has 0 aliphatic carbocycles. The summed E-state index contributed by atoms with van der Waals surface area (Å²) < 4.78 is 16.3. The van der Waals surface area contributed by atoms with Crippen molar-refractivity contribution in [3.05, 3.63) is 59.2 Å². The number of nitrogens with one attached hydrogen (secondary N) is 2. The Balaban J connectivity index is 1.40. The summed E-state index contributed by atoms with van der Waals surface area (Å²) in [5.41, 5.74) is 2.04. The second-order valence-electron chi connectivity index (χ2n) is 6.65. The van der Waals surface area contributed by atoms with Gasteiger partial charge in [0.25, 0.3) is 5.91 Å². The molecule has 0 saturated heterocycles. The summed E-state index contributed by atoms with van der Waals surface area (Å²) in [6.45, 7) is 3.50. The number of amides is 3. The molecule has 2 aromatic carbocycles. The predicted molar refractivity (Wildman–Crippen MR) is 104 cm³/mol. The molecule has 1 unspecified atom stereocenters. The summed E-state index contributed by atoms with van der Waals surface area (Å²) >= 11 is 0. The number of para-hydroxylation sites is 2. The largest absolute Gasteiger partial charge is 0.486 e. The molecule has 3 rings (SSSR count). The van der Waals surface area contributed by atoms with E-state index in [0.717, 1.165) is 11.1 Å². The fraction of sp³-hybridized carbons (Fsp3) is 0.286. The molecule has 3 amide bonds. The van der Waals surface area contributed by atoms with Gasteiger partial charge >= 0.3 is 12.0 Å². The van der Waals surface area contributed by atoms with Gasteiger partial charge in [0.05, 0.1) is 12.1 Å². The standard InChI is InChI=1S/C21H22N2O6/c1-13-7-8-14(2)16(9-13)20(25)28-12-19(24)23-21(26)22-10-15-11-27-17-5-3-4-6-18(17)29-15/h3-9,15H,10-12H2,1-2H3,(H2,22,23,24,26). The Morgan fingerprint density at radius 3 is 2.66 bits per heavy atom. The van der Waals surface area contributed by atoms with Crippen molar-refractivity contribution in [2.45, 2.75) is 20.0 Å². The van der Waals surface area contributed by atoms with Crippen LogP contribution >= 0.6 is 0 Å². The lowest BCUT2D eigenvalue weighted by Gasteiger charge is -2.26. The molecule has 8 heteroatoms. The minimum absolute atomic E-state index is 0.149. The number of carbonyl (C=O) groups excluding carboxylic acids is 3. The first-order valence-corrected chi connectivity index (χ1v) is 9.13. The Labute approximate surface area is 168 Å². The number of hydrogen-bond acceptors (Lipinski definition) is 6. The highest BCUT2D eigenvalue weighted by atomic mass is 16.6. The van der Waals surface area contributed by atoms with E-state index in [1.807, 2.05) is 25.1 Å². The summed E-state index contributed by atoms with van der Waals surface area (Å²) in [6, 6.07) is 11.9. The molecule has 29 heavy (non-hydrogen) atoms. The van der Waals surface area contributed by atoms with E-state index in [-0.39, 0.29) is 19.3 Å². The van der Waals surface area contributed by atoms with Crippen LogP contribution in [0.4, 0.5) is 4.79 Å². The first-order valence-electron chi connectivity index (χ1n) is 9.13. The molecule has 8 nitrogen and oxygen atoms in total. The molecule has 1 atom stereocenters. The van der Waals surface area contributed by atoms with E-state index in [1.54, 1.807) is 31.2 Å². The lowest BCUT2D eigenvalue weighted by atomic mass is 10.1. The van der Waals surface area contributed by atoms with E-state index in [0.29, 0.717) is 17.1 Å². The van der Waals surface area contributed by atoms with Gasteiger partial charge in [0, 0.05) is 0 Å². The zero-order valence-corrected chi connectivity index (χ0v) is 16.2. The quantitative estimate of drug-likeness (QED) is 0.748.